The first-order chi connectivity index (χ1) is 11.6. The molecule has 0 aliphatic carbocycles. The maximum absolute atomic E-state index is 10.9. The molecule has 0 unspecified atom stereocenters. The Hall–Kier alpha value is -3.28. The molecule has 0 saturated carbocycles. The number of carboxylic acid groups (broad SMARTS) is 1. The fourth-order valence-corrected chi connectivity index (χ4v) is 2.79. The van der Waals surface area contributed by atoms with Crippen molar-refractivity contribution in [2.45, 2.75) is 6.92 Å². The van der Waals surface area contributed by atoms with E-state index in [1.165, 1.54) is 0 Å². The van der Waals surface area contributed by atoms with Crippen molar-refractivity contribution in [1.82, 2.24) is 9.38 Å². The van der Waals surface area contributed by atoms with Gasteiger partial charge < -0.3 is 14.6 Å². The molecule has 0 fully saturated rings. The van der Waals surface area contributed by atoms with E-state index in [1.54, 1.807) is 6.08 Å². The third-order valence-electron chi connectivity index (χ3n) is 3.91. The lowest BCUT2D eigenvalue weighted by Gasteiger charge is -2.02. The van der Waals surface area contributed by atoms with Gasteiger partial charge in [-0.05, 0) is 42.8 Å². The summed E-state index contributed by atoms with van der Waals surface area (Å²) < 4.78 is 12.6. The predicted molar refractivity (Wildman–Crippen MR) is 88.2 cm³/mol. The first-order valence-electron chi connectivity index (χ1n) is 7.42. The van der Waals surface area contributed by atoms with Crippen LogP contribution in [-0.2, 0) is 4.79 Å². The van der Waals surface area contributed by atoms with E-state index >= 15 is 0 Å². The van der Waals surface area contributed by atoms with Gasteiger partial charge in [0, 0.05) is 17.8 Å². The van der Waals surface area contributed by atoms with Crippen LogP contribution in [0.25, 0.3) is 23.0 Å². The number of ether oxygens (including phenoxy) is 2. The molecule has 3 heterocycles. The Kier molecular flexibility index (Phi) is 3.23. The van der Waals surface area contributed by atoms with Gasteiger partial charge in [0.15, 0.2) is 11.5 Å². The summed E-state index contributed by atoms with van der Waals surface area (Å²) in [6, 6.07) is 9.46. The first kappa shape index (κ1) is 14.3. The van der Waals surface area contributed by atoms with Crippen LogP contribution in [0.15, 0.2) is 42.6 Å². The molecule has 1 aromatic carbocycles. The Morgan fingerprint density at radius 3 is 2.96 bits per heavy atom. The molecular weight excluding hydrogens is 308 g/mol. The minimum Gasteiger partial charge on any atom is -0.478 e. The Balaban J connectivity index is 1.95. The summed E-state index contributed by atoms with van der Waals surface area (Å²) in [7, 11) is 0. The molecular formula is C18H14N2O4. The van der Waals surface area contributed by atoms with E-state index < -0.39 is 5.97 Å². The number of carbonyl (C=O) groups is 1. The topological polar surface area (TPSA) is 73.1 Å². The van der Waals surface area contributed by atoms with E-state index in [9.17, 15) is 4.79 Å². The van der Waals surface area contributed by atoms with Gasteiger partial charge in [-0.25, -0.2) is 9.78 Å². The molecule has 1 aliphatic rings. The second-order valence-corrected chi connectivity index (χ2v) is 5.47. The van der Waals surface area contributed by atoms with Gasteiger partial charge >= 0.3 is 5.97 Å². The zero-order valence-corrected chi connectivity index (χ0v) is 12.9. The molecule has 3 aromatic rings. The van der Waals surface area contributed by atoms with Crippen LogP contribution < -0.4 is 9.47 Å². The summed E-state index contributed by atoms with van der Waals surface area (Å²) >= 11 is 0. The molecule has 4 rings (SSSR count). The third kappa shape index (κ3) is 2.28. The van der Waals surface area contributed by atoms with Crippen molar-refractivity contribution >= 4 is 17.7 Å². The number of aromatic nitrogens is 2. The van der Waals surface area contributed by atoms with Crippen LogP contribution >= 0.6 is 0 Å². The number of aryl methyl sites for hydroxylation is 1. The lowest BCUT2D eigenvalue weighted by atomic mass is 10.1. The number of hydrogen-bond donors (Lipinski definition) is 1. The normalized spacial score (nSPS) is 13.0. The van der Waals surface area contributed by atoms with Crippen LogP contribution in [0, 0.1) is 6.92 Å². The SMILES string of the molecule is Cc1cccn2c(/C=C/C(=O)O)c(-c3ccc4c(c3)OCO4)nc12. The molecule has 0 saturated heterocycles. The van der Waals surface area contributed by atoms with E-state index in [0.29, 0.717) is 22.9 Å². The molecule has 120 valence electrons. The summed E-state index contributed by atoms with van der Waals surface area (Å²) in [5.41, 5.74) is 4.03. The van der Waals surface area contributed by atoms with Crippen LogP contribution in [-0.4, -0.2) is 27.3 Å². The number of nitrogens with zero attached hydrogens (tertiary/aromatic N) is 2. The summed E-state index contributed by atoms with van der Waals surface area (Å²) in [5.74, 6) is 0.352. The molecule has 0 atom stereocenters. The first-order valence-corrected chi connectivity index (χ1v) is 7.42. The van der Waals surface area contributed by atoms with Gasteiger partial charge in [-0.15, -0.1) is 0 Å². The number of carboxylic acids is 1. The van der Waals surface area contributed by atoms with Crippen molar-refractivity contribution in [1.29, 1.82) is 0 Å². The molecule has 2 aromatic heterocycles. The average molecular weight is 322 g/mol. The van der Waals surface area contributed by atoms with Gasteiger partial charge in [-0.3, -0.25) is 4.40 Å². The maximum Gasteiger partial charge on any atom is 0.328 e. The number of hydrogen-bond acceptors (Lipinski definition) is 4. The van der Waals surface area contributed by atoms with Crippen molar-refractivity contribution in [2.75, 3.05) is 6.79 Å². The maximum atomic E-state index is 10.9. The number of pyridine rings is 1. The highest BCUT2D eigenvalue weighted by atomic mass is 16.7. The van der Waals surface area contributed by atoms with Gasteiger partial charge in [-0.2, -0.15) is 0 Å². The monoisotopic (exact) mass is 322 g/mol. The van der Waals surface area contributed by atoms with Gasteiger partial charge in [0.05, 0.1) is 11.4 Å². The van der Waals surface area contributed by atoms with Crippen LogP contribution in [0.5, 0.6) is 11.5 Å². The van der Waals surface area contributed by atoms with Gasteiger partial charge in [0.25, 0.3) is 0 Å². The number of imidazole rings is 1. The Morgan fingerprint density at radius 1 is 1.29 bits per heavy atom. The summed E-state index contributed by atoms with van der Waals surface area (Å²) in [5, 5.41) is 8.97. The van der Waals surface area contributed by atoms with E-state index in [1.807, 2.05) is 47.9 Å². The van der Waals surface area contributed by atoms with Gasteiger partial charge in [0.2, 0.25) is 6.79 Å². The zero-order valence-electron chi connectivity index (χ0n) is 12.9. The minimum absolute atomic E-state index is 0.203. The van der Waals surface area contributed by atoms with Crippen molar-refractivity contribution in [2.24, 2.45) is 0 Å². The van der Waals surface area contributed by atoms with E-state index in [-0.39, 0.29) is 6.79 Å². The largest absolute Gasteiger partial charge is 0.478 e. The van der Waals surface area contributed by atoms with Gasteiger partial charge in [-0.1, -0.05) is 6.07 Å². The van der Waals surface area contributed by atoms with Crippen LogP contribution in [0.1, 0.15) is 11.3 Å². The van der Waals surface area contributed by atoms with E-state index in [2.05, 4.69) is 0 Å². The Morgan fingerprint density at radius 2 is 2.12 bits per heavy atom. The van der Waals surface area contributed by atoms with Crippen LogP contribution in [0.4, 0.5) is 0 Å². The number of aliphatic carboxylic acids is 1. The quantitative estimate of drug-likeness (QED) is 0.750. The molecule has 1 aliphatic heterocycles. The molecule has 1 N–H and O–H groups in total. The predicted octanol–water partition coefficient (Wildman–Crippen LogP) is 3.14. The lowest BCUT2D eigenvalue weighted by molar-refractivity contribution is -0.131. The highest BCUT2D eigenvalue weighted by Crippen LogP contribution is 2.37. The number of benzene rings is 1. The Labute approximate surface area is 137 Å². The molecule has 6 nitrogen and oxygen atoms in total. The zero-order chi connectivity index (χ0) is 16.7. The molecule has 6 heteroatoms. The highest BCUT2D eigenvalue weighted by molar-refractivity contribution is 5.87. The summed E-state index contributed by atoms with van der Waals surface area (Å²) in [4.78, 5) is 15.7. The van der Waals surface area contributed by atoms with Crippen molar-refractivity contribution < 1.29 is 19.4 Å². The summed E-state index contributed by atoms with van der Waals surface area (Å²) in [6.07, 6.45) is 4.54. The van der Waals surface area contributed by atoms with Gasteiger partial charge in [0.1, 0.15) is 5.65 Å². The average Bonchev–Trinajstić information content (AvgIpc) is 3.17. The van der Waals surface area contributed by atoms with E-state index in [4.69, 9.17) is 19.6 Å². The van der Waals surface area contributed by atoms with Crippen LogP contribution in [0.3, 0.4) is 0 Å². The minimum atomic E-state index is -1.01. The molecule has 0 radical (unpaired) electrons. The third-order valence-corrected chi connectivity index (χ3v) is 3.91. The molecule has 0 amide bonds. The van der Waals surface area contributed by atoms with E-state index in [0.717, 1.165) is 22.9 Å². The fourth-order valence-electron chi connectivity index (χ4n) is 2.79. The fraction of sp³-hybridized carbons (Fsp3) is 0.111. The Bertz CT molecular complexity index is 988. The molecule has 0 bridgehead atoms. The van der Waals surface area contributed by atoms with Crippen molar-refractivity contribution in [3.63, 3.8) is 0 Å². The molecule has 24 heavy (non-hydrogen) atoms. The smallest absolute Gasteiger partial charge is 0.328 e. The molecule has 0 spiro atoms. The number of fused-ring (bicyclic) bond motifs is 2. The van der Waals surface area contributed by atoms with Crippen molar-refractivity contribution in [3.05, 3.63) is 53.9 Å². The standard InChI is InChI=1S/C18H14N2O4/c1-11-3-2-8-20-13(5-7-16(21)22)17(19-18(11)20)12-4-6-14-15(9-12)24-10-23-14/h2-9H,10H2,1H3,(H,21,22)/b7-5+. The summed E-state index contributed by atoms with van der Waals surface area (Å²) in [6.45, 7) is 2.17. The van der Waals surface area contributed by atoms with Crippen molar-refractivity contribution in [3.8, 4) is 22.8 Å². The lowest BCUT2D eigenvalue weighted by Crippen LogP contribution is -1.93. The highest BCUT2D eigenvalue weighted by Gasteiger charge is 2.18. The number of rotatable bonds is 3. The second-order valence-electron chi connectivity index (χ2n) is 5.47. The second kappa shape index (κ2) is 5.42. The van der Waals surface area contributed by atoms with Crippen LogP contribution in [0.2, 0.25) is 0 Å².